The number of nitrogens with one attached hydrogen (secondary N) is 1. The molecule has 0 spiro atoms. The van der Waals surface area contributed by atoms with Crippen molar-refractivity contribution >= 4 is 5.69 Å². The fourth-order valence-corrected chi connectivity index (χ4v) is 3.80. The van der Waals surface area contributed by atoms with Crippen LogP contribution in [0.2, 0.25) is 0 Å². The molecule has 3 rings (SSSR count). The third-order valence-corrected chi connectivity index (χ3v) is 5.41. The van der Waals surface area contributed by atoms with Gasteiger partial charge in [-0.1, -0.05) is 38.1 Å². The molecule has 1 fully saturated rings. The molecule has 0 amide bonds. The van der Waals surface area contributed by atoms with E-state index in [0.29, 0.717) is 24.8 Å². The third-order valence-electron chi connectivity index (χ3n) is 5.41. The molecule has 1 heterocycles. The standard InChI is InChI=1S/C23H31FN2O2/c1-17(2)20-9-8-18(3)14-23(20)28-16-19(27)15-25-10-12-26(13-11-25)22-7-5-4-6-21(22)24/h4-9,14,17,19,27H,10-13,15-16H2,1-3H3/p+1. The molecule has 2 aromatic rings. The van der Waals surface area contributed by atoms with Crippen LogP contribution < -0.4 is 14.5 Å². The average molecular weight is 388 g/mol. The molecule has 1 atom stereocenters. The van der Waals surface area contributed by atoms with Crippen LogP contribution in [0.1, 0.15) is 30.9 Å². The number of ether oxygens (including phenoxy) is 1. The van der Waals surface area contributed by atoms with Crippen LogP contribution in [-0.4, -0.2) is 50.5 Å². The van der Waals surface area contributed by atoms with E-state index in [9.17, 15) is 9.50 Å². The molecule has 2 aromatic carbocycles. The zero-order chi connectivity index (χ0) is 20.1. The Morgan fingerprint density at radius 1 is 1.14 bits per heavy atom. The largest absolute Gasteiger partial charge is 0.490 e. The monoisotopic (exact) mass is 387 g/mol. The highest BCUT2D eigenvalue weighted by Crippen LogP contribution is 2.27. The lowest BCUT2D eigenvalue weighted by molar-refractivity contribution is -0.903. The minimum absolute atomic E-state index is 0.168. The Hall–Kier alpha value is -2.11. The molecule has 0 aliphatic carbocycles. The van der Waals surface area contributed by atoms with Crippen molar-refractivity contribution in [1.29, 1.82) is 0 Å². The van der Waals surface area contributed by atoms with Crippen molar-refractivity contribution in [1.82, 2.24) is 0 Å². The van der Waals surface area contributed by atoms with Gasteiger partial charge in [0.2, 0.25) is 0 Å². The van der Waals surface area contributed by atoms with Crippen LogP contribution in [0.5, 0.6) is 5.75 Å². The van der Waals surface area contributed by atoms with E-state index in [1.54, 1.807) is 6.07 Å². The van der Waals surface area contributed by atoms with Gasteiger partial charge in [0, 0.05) is 0 Å². The summed E-state index contributed by atoms with van der Waals surface area (Å²) < 4.78 is 19.9. The highest BCUT2D eigenvalue weighted by molar-refractivity contribution is 5.47. The van der Waals surface area contributed by atoms with Gasteiger partial charge in [0.1, 0.15) is 30.8 Å². The summed E-state index contributed by atoms with van der Waals surface area (Å²) in [7, 11) is 0. The van der Waals surface area contributed by atoms with Gasteiger partial charge in [-0.05, 0) is 42.2 Å². The highest BCUT2D eigenvalue weighted by Gasteiger charge is 2.24. The summed E-state index contributed by atoms with van der Waals surface area (Å²) in [5.41, 5.74) is 3.00. The Morgan fingerprint density at radius 2 is 1.86 bits per heavy atom. The molecule has 28 heavy (non-hydrogen) atoms. The number of nitrogens with zero attached hydrogens (tertiary/aromatic N) is 1. The first-order valence-electron chi connectivity index (χ1n) is 10.2. The molecule has 5 heteroatoms. The molecule has 0 aromatic heterocycles. The van der Waals surface area contributed by atoms with Crippen LogP contribution in [0.4, 0.5) is 10.1 Å². The number of anilines is 1. The predicted octanol–water partition coefficient (Wildman–Crippen LogP) is 2.40. The van der Waals surface area contributed by atoms with Crippen LogP contribution in [-0.2, 0) is 0 Å². The normalized spacial score (nSPS) is 16.4. The molecule has 0 radical (unpaired) electrons. The van der Waals surface area contributed by atoms with Gasteiger partial charge in [-0.25, -0.2) is 4.39 Å². The molecule has 1 aliphatic heterocycles. The van der Waals surface area contributed by atoms with Crippen molar-refractivity contribution in [3.8, 4) is 5.75 Å². The van der Waals surface area contributed by atoms with Gasteiger partial charge in [0.15, 0.2) is 0 Å². The van der Waals surface area contributed by atoms with Crippen molar-refractivity contribution in [3.05, 3.63) is 59.4 Å². The Labute approximate surface area is 167 Å². The zero-order valence-electron chi connectivity index (χ0n) is 17.1. The average Bonchev–Trinajstić information content (AvgIpc) is 2.67. The maximum Gasteiger partial charge on any atom is 0.146 e. The van der Waals surface area contributed by atoms with E-state index in [0.717, 1.165) is 37.5 Å². The van der Waals surface area contributed by atoms with E-state index in [1.165, 1.54) is 16.5 Å². The molecule has 0 bridgehead atoms. The fraction of sp³-hybridized carbons (Fsp3) is 0.478. The minimum atomic E-state index is -0.518. The van der Waals surface area contributed by atoms with Crippen molar-refractivity contribution < 1.29 is 19.1 Å². The van der Waals surface area contributed by atoms with E-state index < -0.39 is 6.10 Å². The van der Waals surface area contributed by atoms with Crippen LogP contribution in [0.25, 0.3) is 0 Å². The smallest absolute Gasteiger partial charge is 0.146 e. The van der Waals surface area contributed by atoms with E-state index in [2.05, 4.69) is 30.9 Å². The summed E-state index contributed by atoms with van der Waals surface area (Å²) in [5, 5.41) is 10.5. The zero-order valence-corrected chi connectivity index (χ0v) is 17.1. The highest BCUT2D eigenvalue weighted by atomic mass is 19.1. The maximum absolute atomic E-state index is 14.0. The second-order valence-electron chi connectivity index (χ2n) is 8.05. The number of para-hydroxylation sites is 1. The predicted molar refractivity (Wildman–Crippen MR) is 111 cm³/mol. The Bertz CT molecular complexity index is 773. The quantitative estimate of drug-likeness (QED) is 0.766. The van der Waals surface area contributed by atoms with Crippen molar-refractivity contribution in [2.45, 2.75) is 32.8 Å². The van der Waals surface area contributed by atoms with E-state index in [-0.39, 0.29) is 5.82 Å². The SMILES string of the molecule is Cc1ccc(C(C)C)c(OCC(O)C[NH+]2CCN(c3ccccc3F)CC2)c1. The lowest BCUT2D eigenvalue weighted by Gasteiger charge is -2.34. The van der Waals surface area contributed by atoms with Crippen LogP contribution in [0, 0.1) is 12.7 Å². The lowest BCUT2D eigenvalue weighted by Crippen LogP contribution is -3.16. The van der Waals surface area contributed by atoms with Crippen molar-refractivity contribution in [3.63, 3.8) is 0 Å². The topological polar surface area (TPSA) is 37.1 Å². The number of piperazine rings is 1. The first kappa shape index (κ1) is 20.6. The molecule has 1 saturated heterocycles. The molecule has 152 valence electrons. The lowest BCUT2D eigenvalue weighted by atomic mass is 10.0. The number of rotatable bonds is 7. The summed E-state index contributed by atoms with van der Waals surface area (Å²) >= 11 is 0. The van der Waals surface area contributed by atoms with Crippen LogP contribution in [0.15, 0.2) is 42.5 Å². The van der Waals surface area contributed by atoms with E-state index in [1.807, 2.05) is 25.1 Å². The molecular formula is C23H32FN2O2+. The van der Waals surface area contributed by atoms with Gasteiger partial charge >= 0.3 is 0 Å². The van der Waals surface area contributed by atoms with Gasteiger partial charge in [0.25, 0.3) is 0 Å². The van der Waals surface area contributed by atoms with E-state index in [4.69, 9.17) is 4.74 Å². The summed E-state index contributed by atoms with van der Waals surface area (Å²) in [6, 6.07) is 13.2. The second-order valence-corrected chi connectivity index (χ2v) is 8.05. The molecule has 1 aliphatic rings. The summed E-state index contributed by atoms with van der Waals surface area (Å²) in [4.78, 5) is 3.42. The maximum atomic E-state index is 14.0. The number of aryl methyl sites for hydroxylation is 1. The van der Waals surface area contributed by atoms with Gasteiger partial charge < -0.3 is 19.6 Å². The molecule has 2 N–H and O–H groups in total. The molecule has 1 unspecified atom stereocenters. The van der Waals surface area contributed by atoms with Gasteiger partial charge in [0.05, 0.1) is 31.9 Å². The van der Waals surface area contributed by atoms with Gasteiger partial charge in [-0.15, -0.1) is 0 Å². The first-order chi connectivity index (χ1) is 13.4. The number of aliphatic hydroxyl groups is 1. The molecule has 0 saturated carbocycles. The molecular weight excluding hydrogens is 355 g/mol. The Kier molecular flexibility index (Phi) is 6.92. The van der Waals surface area contributed by atoms with Gasteiger partial charge in [-0.2, -0.15) is 0 Å². The van der Waals surface area contributed by atoms with Crippen LogP contribution >= 0.6 is 0 Å². The summed E-state index contributed by atoms with van der Waals surface area (Å²) in [5.74, 6) is 1.08. The number of benzene rings is 2. The molecule has 4 nitrogen and oxygen atoms in total. The number of aliphatic hydroxyl groups excluding tert-OH is 1. The number of hydrogen-bond donors (Lipinski definition) is 2. The summed E-state index contributed by atoms with van der Waals surface area (Å²) in [6.45, 7) is 10.6. The number of hydrogen-bond acceptors (Lipinski definition) is 3. The second kappa shape index (κ2) is 9.39. The fourth-order valence-electron chi connectivity index (χ4n) is 3.80. The van der Waals surface area contributed by atoms with Crippen molar-refractivity contribution in [2.24, 2.45) is 0 Å². The number of halogens is 1. The minimum Gasteiger partial charge on any atom is -0.490 e. The van der Waals surface area contributed by atoms with E-state index >= 15 is 0 Å². The van der Waals surface area contributed by atoms with Crippen LogP contribution in [0.3, 0.4) is 0 Å². The number of quaternary nitrogens is 1. The Balaban J connectivity index is 1.48. The summed E-state index contributed by atoms with van der Waals surface area (Å²) in [6.07, 6.45) is -0.518. The Morgan fingerprint density at radius 3 is 2.54 bits per heavy atom. The van der Waals surface area contributed by atoms with Gasteiger partial charge in [-0.3, -0.25) is 0 Å². The first-order valence-corrected chi connectivity index (χ1v) is 10.2. The third kappa shape index (κ3) is 5.24. The van der Waals surface area contributed by atoms with Crippen molar-refractivity contribution in [2.75, 3.05) is 44.2 Å².